The number of anilines is 1. The molecule has 0 bridgehead atoms. The van der Waals surface area contributed by atoms with E-state index in [1.165, 1.54) is 5.56 Å². The second-order valence-electron chi connectivity index (χ2n) is 10.8. The summed E-state index contributed by atoms with van der Waals surface area (Å²) in [5, 5.41) is 2.88. The van der Waals surface area contributed by atoms with Crippen LogP contribution in [0, 0.1) is 0 Å². The van der Waals surface area contributed by atoms with Gasteiger partial charge in [0.05, 0.1) is 18.1 Å². The van der Waals surface area contributed by atoms with Gasteiger partial charge in [0.1, 0.15) is 29.6 Å². The van der Waals surface area contributed by atoms with E-state index in [4.69, 9.17) is 20.2 Å². The average molecular weight is 549 g/mol. The van der Waals surface area contributed by atoms with E-state index < -0.39 is 5.91 Å². The summed E-state index contributed by atoms with van der Waals surface area (Å²) in [4.78, 5) is 29.8. The predicted molar refractivity (Wildman–Crippen MR) is 161 cm³/mol. The zero-order valence-electron chi connectivity index (χ0n) is 23.5. The Morgan fingerprint density at radius 1 is 0.878 bits per heavy atom. The summed E-state index contributed by atoms with van der Waals surface area (Å²) < 4.78 is 13.1. The summed E-state index contributed by atoms with van der Waals surface area (Å²) in [6.45, 7) is 6.44. The molecule has 0 aliphatic heterocycles. The van der Waals surface area contributed by atoms with Crippen molar-refractivity contribution >= 4 is 28.5 Å². The van der Waals surface area contributed by atoms with Gasteiger partial charge in [0.15, 0.2) is 0 Å². The molecule has 4 aromatic carbocycles. The van der Waals surface area contributed by atoms with Crippen molar-refractivity contribution in [1.29, 1.82) is 0 Å². The average Bonchev–Trinajstić information content (AvgIpc) is 3.30. The Labute approximate surface area is 238 Å². The molecule has 1 aromatic heterocycles. The SMILES string of the molecule is COc1ccc(NC(=O)c2ccc3c(c2)nc(-c2cccc(Oc4ccc(C(C)(C)C)cc4)c2)n3CC(N)=O)cc1. The number of benzene rings is 4. The van der Waals surface area contributed by atoms with Crippen LogP contribution < -0.4 is 20.5 Å². The van der Waals surface area contributed by atoms with Crippen LogP contribution in [0.1, 0.15) is 36.7 Å². The maximum Gasteiger partial charge on any atom is 0.255 e. The lowest BCUT2D eigenvalue weighted by atomic mass is 9.87. The van der Waals surface area contributed by atoms with Gasteiger partial charge in [0.2, 0.25) is 5.91 Å². The number of carbonyl (C=O) groups is 2. The number of hydrogen-bond acceptors (Lipinski definition) is 5. The van der Waals surface area contributed by atoms with Crippen LogP contribution in [0.4, 0.5) is 5.69 Å². The highest BCUT2D eigenvalue weighted by Crippen LogP contribution is 2.31. The quantitative estimate of drug-likeness (QED) is 0.229. The molecule has 5 aromatic rings. The fraction of sp³-hybridized carbons (Fsp3) is 0.182. The van der Waals surface area contributed by atoms with E-state index in [1.807, 2.05) is 36.4 Å². The normalized spacial score (nSPS) is 11.3. The molecule has 0 unspecified atom stereocenters. The Bertz CT molecular complexity index is 1720. The van der Waals surface area contributed by atoms with Crippen LogP contribution in [-0.2, 0) is 16.8 Å². The molecule has 0 fully saturated rings. The van der Waals surface area contributed by atoms with Crippen molar-refractivity contribution in [3.8, 4) is 28.6 Å². The van der Waals surface area contributed by atoms with Crippen molar-refractivity contribution in [2.24, 2.45) is 5.73 Å². The van der Waals surface area contributed by atoms with Crippen LogP contribution in [0.5, 0.6) is 17.2 Å². The number of rotatable bonds is 8. The van der Waals surface area contributed by atoms with E-state index in [0.29, 0.717) is 45.4 Å². The smallest absolute Gasteiger partial charge is 0.255 e. The molecule has 0 aliphatic rings. The highest BCUT2D eigenvalue weighted by Gasteiger charge is 2.18. The van der Waals surface area contributed by atoms with E-state index in [-0.39, 0.29) is 17.9 Å². The van der Waals surface area contributed by atoms with Crippen molar-refractivity contribution in [2.45, 2.75) is 32.7 Å². The van der Waals surface area contributed by atoms with E-state index in [0.717, 1.165) is 5.56 Å². The second kappa shape index (κ2) is 11.2. The number of ether oxygens (including phenoxy) is 2. The van der Waals surface area contributed by atoms with Gasteiger partial charge in [-0.15, -0.1) is 0 Å². The number of imidazole rings is 1. The van der Waals surface area contributed by atoms with E-state index in [2.05, 4.69) is 38.2 Å². The van der Waals surface area contributed by atoms with Crippen LogP contribution >= 0.6 is 0 Å². The summed E-state index contributed by atoms with van der Waals surface area (Å²) >= 11 is 0. The second-order valence-corrected chi connectivity index (χ2v) is 10.8. The molecule has 3 N–H and O–H groups in total. The summed E-state index contributed by atoms with van der Waals surface area (Å²) in [5.74, 6) is 1.80. The third kappa shape index (κ3) is 6.22. The molecular weight excluding hydrogens is 516 g/mol. The molecule has 0 aliphatic carbocycles. The maximum absolute atomic E-state index is 13.0. The van der Waals surface area contributed by atoms with Gasteiger partial charge in [0, 0.05) is 16.8 Å². The molecule has 0 atom stereocenters. The number of hydrogen-bond donors (Lipinski definition) is 2. The Kier molecular flexibility index (Phi) is 7.48. The molecule has 0 spiro atoms. The fourth-order valence-electron chi connectivity index (χ4n) is 4.54. The predicted octanol–water partition coefficient (Wildman–Crippen LogP) is 6.54. The van der Waals surface area contributed by atoms with E-state index in [9.17, 15) is 9.59 Å². The third-order valence-corrected chi connectivity index (χ3v) is 6.72. The summed E-state index contributed by atoms with van der Waals surface area (Å²) in [6.07, 6.45) is 0. The Balaban J connectivity index is 1.44. The molecular formula is C33H32N4O4. The summed E-state index contributed by atoms with van der Waals surface area (Å²) in [6, 6.07) is 27.8. The number of primary amides is 1. The Hall–Kier alpha value is -5.11. The lowest BCUT2D eigenvalue weighted by Crippen LogP contribution is -2.19. The number of nitrogens with one attached hydrogen (secondary N) is 1. The van der Waals surface area contributed by atoms with Gasteiger partial charge in [-0.2, -0.15) is 0 Å². The largest absolute Gasteiger partial charge is 0.497 e. The van der Waals surface area contributed by atoms with Crippen LogP contribution in [0.25, 0.3) is 22.4 Å². The molecule has 0 saturated heterocycles. The highest BCUT2D eigenvalue weighted by molar-refractivity contribution is 6.06. The van der Waals surface area contributed by atoms with Gasteiger partial charge >= 0.3 is 0 Å². The number of nitrogens with two attached hydrogens (primary N) is 1. The number of nitrogens with zero attached hydrogens (tertiary/aromatic N) is 2. The number of amides is 2. The first kappa shape index (κ1) is 27.5. The van der Waals surface area contributed by atoms with Gasteiger partial charge in [-0.1, -0.05) is 45.0 Å². The zero-order chi connectivity index (χ0) is 29.1. The van der Waals surface area contributed by atoms with Gasteiger partial charge < -0.3 is 25.1 Å². The van der Waals surface area contributed by atoms with Crippen molar-refractivity contribution in [1.82, 2.24) is 9.55 Å². The first-order chi connectivity index (χ1) is 19.6. The van der Waals surface area contributed by atoms with Gasteiger partial charge in [-0.05, 0) is 77.7 Å². The standard InChI is InChI=1S/C33H32N4O4/c1-33(2,3)23-9-13-26(14-10-23)41-27-7-5-6-21(18-27)31-36-28-19-22(8-17-29(28)37(31)20-30(34)38)32(39)35-24-11-15-25(40-4)16-12-24/h5-19H,20H2,1-4H3,(H2,34,38)(H,35,39). The van der Waals surface area contributed by atoms with Crippen LogP contribution in [0.15, 0.2) is 91.0 Å². The number of aromatic nitrogens is 2. The molecule has 8 heteroatoms. The van der Waals surface area contributed by atoms with E-state index >= 15 is 0 Å². The van der Waals surface area contributed by atoms with Crippen molar-refractivity contribution in [2.75, 3.05) is 12.4 Å². The molecule has 41 heavy (non-hydrogen) atoms. The van der Waals surface area contributed by atoms with Crippen molar-refractivity contribution in [3.63, 3.8) is 0 Å². The van der Waals surface area contributed by atoms with Crippen LogP contribution in [-0.4, -0.2) is 28.5 Å². The lowest BCUT2D eigenvalue weighted by molar-refractivity contribution is -0.118. The first-order valence-corrected chi connectivity index (χ1v) is 13.2. The molecule has 208 valence electrons. The molecule has 2 amide bonds. The summed E-state index contributed by atoms with van der Waals surface area (Å²) in [5.41, 5.74) is 9.93. The molecule has 0 radical (unpaired) electrons. The molecule has 1 heterocycles. The lowest BCUT2D eigenvalue weighted by Gasteiger charge is -2.19. The van der Waals surface area contributed by atoms with Gasteiger partial charge in [-0.3, -0.25) is 9.59 Å². The van der Waals surface area contributed by atoms with Crippen LogP contribution in [0.3, 0.4) is 0 Å². The summed E-state index contributed by atoms with van der Waals surface area (Å²) in [7, 11) is 1.59. The minimum absolute atomic E-state index is 0.0498. The Morgan fingerprint density at radius 2 is 1.59 bits per heavy atom. The molecule has 5 rings (SSSR count). The Morgan fingerprint density at radius 3 is 2.24 bits per heavy atom. The van der Waals surface area contributed by atoms with Crippen molar-refractivity contribution in [3.05, 3.63) is 102 Å². The number of carbonyl (C=O) groups excluding carboxylic acids is 2. The fourth-order valence-corrected chi connectivity index (χ4v) is 4.54. The monoisotopic (exact) mass is 548 g/mol. The van der Waals surface area contributed by atoms with Crippen LogP contribution in [0.2, 0.25) is 0 Å². The van der Waals surface area contributed by atoms with Gasteiger partial charge in [0.25, 0.3) is 5.91 Å². The number of fused-ring (bicyclic) bond motifs is 1. The maximum atomic E-state index is 13.0. The molecule has 0 saturated carbocycles. The highest BCUT2D eigenvalue weighted by atomic mass is 16.5. The van der Waals surface area contributed by atoms with Gasteiger partial charge in [-0.25, -0.2) is 4.98 Å². The topological polar surface area (TPSA) is 108 Å². The first-order valence-electron chi connectivity index (χ1n) is 13.2. The zero-order valence-corrected chi connectivity index (χ0v) is 23.5. The third-order valence-electron chi connectivity index (χ3n) is 6.72. The molecule has 8 nitrogen and oxygen atoms in total. The number of methoxy groups -OCH3 is 1. The van der Waals surface area contributed by atoms with E-state index in [1.54, 1.807) is 54.1 Å². The minimum Gasteiger partial charge on any atom is -0.497 e. The minimum atomic E-state index is -0.502. The van der Waals surface area contributed by atoms with Crippen molar-refractivity contribution < 1.29 is 19.1 Å².